The lowest BCUT2D eigenvalue weighted by Gasteiger charge is -2.23. The molecule has 0 unspecified atom stereocenters. The summed E-state index contributed by atoms with van der Waals surface area (Å²) in [6.07, 6.45) is 8.49. The molecule has 0 spiro atoms. The summed E-state index contributed by atoms with van der Waals surface area (Å²) in [5.74, 6) is 0. The third-order valence-corrected chi connectivity index (χ3v) is 5.68. The highest BCUT2D eigenvalue weighted by Gasteiger charge is 2.24. The topological polar surface area (TPSA) is 52.5 Å². The Labute approximate surface area is 140 Å². The van der Waals surface area contributed by atoms with Crippen molar-refractivity contribution in [1.82, 2.24) is 10.4 Å². The normalized spacial score (nSPS) is 24.7. The van der Waals surface area contributed by atoms with Crippen molar-refractivity contribution in [2.45, 2.75) is 50.3 Å². The molecule has 23 heavy (non-hydrogen) atoms. The number of nitrogens with one attached hydrogen (secondary N) is 2. The summed E-state index contributed by atoms with van der Waals surface area (Å²) >= 11 is 1.79. The minimum absolute atomic E-state index is 0.304. The summed E-state index contributed by atoms with van der Waals surface area (Å²) < 4.78 is 0. The Kier molecular flexibility index (Phi) is 4.12. The molecule has 2 aliphatic rings. The number of para-hydroxylation sites is 1. The molecule has 120 valence electrons. The van der Waals surface area contributed by atoms with Crippen LogP contribution in [0.3, 0.4) is 0 Å². The number of aromatic nitrogens is 1. The van der Waals surface area contributed by atoms with Crippen LogP contribution in [0, 0.1) is 0 Å². The zero-order valence-electron chi connectivity index (χ0n) is 13.4. The van der Waals surface area contributed by atoms with Gasteiger partial charge in [-0.1, -0.05) is 49.2 Å². The van der Waals surface area contributed by atoms with Gasteiger partial charge < -0.3 is 4.98 Å². The van der Waals surface area contributed by atoms with Crippen LogP contribution in [-0.2, 0) is 0 Å². The molecule has 0 bridgehead atoms. The maximum absolute atomic E-state index is 4.88. The second-order valence-electron chi connectivity index (χ2n) is 6.34. The molecule has 4 nitrogen and oxygen atoms in total. The summed E-state index contributed by atoms with van der Waals surface area (Å²) in [5, 5.41) is 7.16. The number of H-pyrrole nitrogens is 1. The van der Waals surface area contributed by atoms with Crippen LogP contribution < -0.4 is 5.43 Å². The fourth-order valence-corrected chi connectivity index (χ4v) is 4.38. The summed E-state index contributed by atoms with van der Waals surface area (Å²) in [5.41, 5.74) is 6.62. The first-order valence-electron chi connectivity index (χ1n) is 8.46. The van der Waals surface area contributed by atoms with E-state index in [9.17, 15) is 0 Å². The third-order valence-electron chi connectivity index (χ3n) is 4.69. The van der Waals surface area contributed by atoms with Crippen molar-refractivity contribution in [2.24, 2.45) is 10.1 Å². The number of amidine groups is 1. The van der Waals surface area contributed by atoms with Gasteiger partial charge in [0.25, 0.3) is 0 Å². The summed E-state index contributed by atoms with van der Waals surface area (Å²) in [4.78, 5) is 8.21. The Morgan fingerprint density at radius 2 is 2.00 bits per heavy atom. The van der Waals surface area contributed by atoms with E-state index in [1.54, 1.807) is 11.8 Å². The van der Waals surface area contributed by atoms with E-state index in [0.29, 0.717) is 11.3 Å². The minimum atomic E-state index is 0.304. The Morgan fingerprint density at radius 1 is 1.17 bits per heavy atom. The number of aliphatic imine (C=N–C) groups is 1. The second-order valence-corrected chi connectivity index (χ2v) is 7.67. The number of rotatable bonds is 2. The smallest absolute Gasteiger partial charge is 0.178 e. The Morgan fingerprint density at radius 3 is 2.83 bits per heavy atom. The van der Waals surface area contributed by atoms with Crippen LogP contribution in [0.4, 0.5) is 0 Å². The number of hydrogen-bond donors (Lipinski definition) is 2. The van der Waals surface area contributed by atoms with Crippen molar-refractivity contribution < 1.29 is 0 Å². The number of nitrogens with zero attached hydrogens (tertiary/aromatic N) is 2. The van der Waals surface area contributed by atoms with Gasteiger partial charge in [0.2, 0.25) is 0 Å². The molecular formula is C18H22N4S. The third kappa shape index (κ3) is 3.02. The van der Waals surface area contributed by atoms with Crippen LogP contribution in [-0.4, -0.2) is 27.2 Å². The maximum Gasteiger partial charge on any atom is 0.178 e. The van der Waals surface area contributed by atoms with Crippen LogP contribution in [0.2, 0.25) is 0 Å². The first kappa shape index (κ1) is 14.8. The van der Waals surface area contributed by atoms with Gasteiger partial charge in [0.1, 0.15) is 0 Å². The lowest BCUT2D eigenvalue weighted by molar-refractivity contribution is 0.443. The number of hydrazone groups is 1. The average Bonchev–Trinajstić information content (AvgIpc) is 3.00. The van der Waals surface area contributed by atoms with Gasteiger partial charge in [0.15, 0.2) is 5.17 Å². The molecule has 1 aliphatic carbocycles. The number of benzene rings is 1. The van der Waals surface area contributed by atoms with Crippen molar-refractivity contribution in [3.63, 3.8) is 0 Å². The van der Waals surface area contributed by atoms with Gasteiger partial charge in [0, 0.05) is 22.7 Å². The molecule has 5 heteroatoms. The lowest BCUT2D eigenvalue weighted by Crippen LogP contribution is -2.32. The van der Waals surface area contributed by atoms with E-state index in [-0.39, 0.29) is 0 Å². The maximum atomic E-state index is 4.88. The number of hydrogen-bond acceptors (Lipinski definition) is 3. The predicted octanol–water partition coefficient (Wildman–Crippen LogP) is 4.29. The average molecular weight is 326 g/mol. The van der Waals surface area contributed by atoms with Crippen LogP contribution >= 0.6 is 11.8 Å². The zero-order chi connectivity index (χ0) is 15.6. The van der Waals surface area contributed by atoms with Gasteiger partial charge in [0.05, 0.1) is 17.0 Å². The molecule has 1 fully saturated rings. The van der Waals surface area contributed by atoms with Gasteiger partial charge in [-0.05, 0) is 25.8 Å². The van der Waals surface area contributed by atoms with E-state index in [1.807, 2.05) is 0 Å². The van der Waals surface area contributed by atoms with Gasteiger partial charge in [-0.15, -0.1) is 0 Å². The van der Waals surface area contributed by atoms with Crippen LogP contribution in [0.25, 0.3) is 10.9 Å². The van der Waals surface area contributed by atoms with E-state index in [2.05, 4.69) is 52.9 Å². The molecule has 0 amide bonds. The molecule has 1 aromatic heterocycles. The first-order valence-corrected chi connectivity index (χ1v) is 9.34. The van der Waals surface area contributed by atoms with E-state index >= 15 is 0 Å². The standard InChI is InChI=1S/C18H22N4S/c1-12-17(15-11-19-16-10-6-5-9-14(15)16)21-22-18(23-12)20-13-7-3-2-4-8-13/h5-6,9-13,19H,2-4,7-8H2,1H3,(H,20,22)/t12-/m1/s1. The molecule has 1 aromatic carbocycles. The summed E-state index contributed by atoms with van der Waals surface area (Å²) in [6, 6.07) is 8.85. The highest BCUT2D eigenvalue weighted by atomic mass is 32.2. The fourth-order valence-electron chi connectivity index (χ4n) is 3.45. The second kappa shape index (κ2) is 6.40. The minimum Gasteiger partial charge on any atom is -0.360 e. The van der Waals surface area contributed by atoms with E-state index < -0.39 is 0 Å². The van der Waals surface area contributed by atoms with Crippen molar-refractivity contribution in [3.05, 3.63) is 36.0 Å². The predicted molar refractivity (Wildman–Crippen MR) is 99.3 cm³/mol. The first-order chi connectivity index (χ1) is 11.3. The SMILES string of the molecule is C[C@H]1SC(=NC2CCCCC2)NN=C1c1c[nH]c2ccccc12. The van der Waals surface area contributed by atoms with Gasteiger partial charge in [-0.3, -0.25) is 10.4 Å². The number of thioether (sulfide) groups is 1. The molecule has 0 radical (unpaired) electrons. The molecule has 1 aliphatic heterocycles. The summed E-state index contributed by atoms with van der Waals surface area (Å²) in [7, 11) is 0. The van der Waals surface area contributed by atoms with Crippen molar-refractivity contribution in [1.29, 1.82) is 0 Å². The number of aromatic amines is 1. The van der Waals surface area contributed by atoms with Crippen LogP contribution in [0.5, 0.6) is 0 Å². The monoisotopic (exact) mass is 326 g/mol. The van der Waals surface area contributed by atoms with Crippen molar-refractivity contribution >= 4 is 33.5 Å². The van der Waals surface area contributed by atoms with Gasteiger partial charge in [-0.2, -0.15) is 5.10 Å². The Hall–Kier alpha value is -1.75. The quantitative estimate of drug-likeness (QED) is 0.865. The highest BCUT2D eigenvalue weighted by molar-refractivity contribution is 8.15. The number of fused-ring (bicyclic) bond motifs is 1. The summed E-state index contributed by atoms with van der Waals surface area (Å²) in [6.45, 7) is 2.21. The molecule has 1 saturated carbocycles. The van der Waals surface area contributed by atoms with E-state index in [1.165, 1.54) is 43.1 Å². The van der Waals surface area contributed by atoms with Crippen LogP contribution in [0.15, 0.2) is 40.6 Å². The van der Waals surface area contributed by atoms with Gasteiger partial charge >= 0.3 is 0 Å². The Bertz CT molecular complexity index is 755. The fraction of sp³-hybridized carbons (Fsp3) is 0.444. The highest BCUT2D eigenvalue weighted by Crippen LogP contribution is 2.28. The van der Waals surface area contributed by atoms with Crippen molar-refractivity contribution in [3.8, 4) is 0 Å². The molecule has 2 N–H and O–H groups in total. The molecule has 0 saturated heterocycles. The van der Waals surface area contributed by atoms with Gasteiger partial charge in [-0.25, -0.2) is 0 Å². The molecule has 1 atom stereocenters. The largest absolute Gasteiger partial charge is 0.360 e. The lowest BCUT2D eigenvalue weighted by atomic mass is 9.96. The molecule has 4 rings (SSSR count). The molecular weight excluding hydrogens is 304 g/mol. The van der Waals surface area contributed by atoms with Crippen LogP contribution in [0.1, 0.15) is 44.6 Å². The van der Waals surface area contributed by atoms with E-state index in [4.69, 9.17) is 4.99 Å². The molecule has 2 heterocycles. The zero-order valence-corrected chi connectivity index (χ0v) is 14.2. The Balaban J connectivity index is 1.58. The van der Waals surface area contributed by atoms with Crippen molar-refractivity contribution in [2.75, 3.05) is 0 Å². The van der Waals surface area contributed by atoms with E-state index in [0.717, 1.165) is 16.4 Å². The molecule has 2 aromatic rings.